The van der Waals surface area contributed by atoms with Crippen molar-refractivity contribution in [2.75, 3.05) is 11.4 Å². The van der Waals surface area contributed by atoms with E-state index in [1.807, 2.05) is 30.6 Å². The third-order valence-corrected chi connectivity index (χ3v) is 3.60. The number of anilines is 1. The average molecular weight is 256 g/mol. The number of aromatic nitrogens is 1. The summed E-state index contributed by atoms with van der Waals surface area (Å²) in [5.74, 6) is 1.01. The summed E-state index contributed by atoms with van der Waals surface area (Å²) in [4.78, 5) is 6.85. The second-order valence-electron chi connectivity index (χ2n) is 4.92. The number of piperidine rings is 1. The van der Waals surface area contributed by atoms with E-state index in [9.17, 15) is 0 Å². The van der Waals surface area contributed by atoms with Crippen LogP contribution in [0.5, 0.6) is 0 Å². The molecule has 2 aliphatic rings. The summed E-state index contributed by atoms with van der Waals surface area (Å²) in [5, 5.41) is 7.00. The molecule has 1 aromatic rings. The maximum atomic E-state index is 4.52. The molecule has 4 nitrogen and oxygen atoms in total. The molecule has 3 heterocycles. The van der Waals surface area contributed by atoms with E-state index < -0.39 is 0 Å². The molecule has 100 valence electrons. The maximum absolute atomic E-state index is 4.52. The van der Waals surface area contributed by atoms with Crippen LogP contribution in [0.25, 0.3) is 0 Å². The molecule has 2 atom stereocenters. The number of allylic oxidation sites excluding steroid dienone is 2. The largest absolute Gasteiger partial charge is 0.368 e. The van der Waals surface area contributed by atoms with Crippen LogP contribution in [0.3, 0.4) is 0 Å². The highest BCUT2D eigenvalue weighted by Crippen LogP contribution is 2.21. The Labute approximate surface area is 114 Å². The van der Waals surface area contributed by atoms with Gasteiger partial charge in [-0.15, -0.1) is 0 Å². The molecule has 0 spiro atoms. The van der Waals surface area contributed by atoms with Crippen LogP contribution in [-0.4, -0.2) is 23.9 Å². The van der Waals surface area contributed by atoms with Crippen LogP contribution in [0, 0.1) is 0 Å². The topological polar surface area (TPSA) is 40.2 Å². The number of dihydropyridines is 1. The number of hydrogen-bond acceptors (Lipinski definition) is 4. The van der Waals surface area contributed by atoms with E-state index in [0.717, 1.165) is 18.8 Å². The predicted molar refractivity (Wildman–Crippen MR) is 77.6 cm³/mol. The van der Waals surface area contributed by atoms with Gasteiger partial charge in [0.05, 0.1) is 6.17 Å². The van der Waals surface area contributed by atoms with Crippen LogP contribution in [-0.2, 0) is 0 Å². The van der Waals surface area contributed by atoms with Crippen LogP contribution >= 0.6 is 0 Å². The van der Waals surface area contributed by atoms with Gasteiger partial charge < -0.3 is 10.2 Å². The molecule has 0 aromatic carbocycles. The molecule has 0 radical (unpaired) electrons. The smallest absolute Gasteiger partial charge is 0.131 e. The van der Waals surface area contributed by atoms with Gasteiger partial charge in [-0.2, -0.15) is 0 Å². The fraction of sp³-hybridized carbons (Fsp3) is 0.400. The van der Waals surface area contributed by atoms with Gasteiger partial charge >= 0.3 is 0 Å². The summed E-state index contributed by atoms with van der Waals surface area (Å²) in [6, 6.07) is 6.07. The van der Waals surface area contributed by atoms with E-state index >= 15 is 0 Å². The van der Waals surface area contributed by atoms with Gasteiger partial charge in [0.2, 0.25) is 0 Å². The average Bonchev–Trinajstić information content (AvgIpc) is 2.51. The molecule has 2 aliphatic heterocycles. The first-order valence-corrected chi connectivity index (χ1v) is 6.97. The first kappa shape index (κ1) is 12.2. The lowest BCUT2D eigenvalue weighted by atomic mass is 10.1. The summed E-state index contributed by atoms with van der Waals surface area (Å²) in [5.41, 5.74) is 0. The van der Waals surface area contributed by atoms with Crippen molar-refractivity contribution in [3.63, 3.8) is 0 Å². The number of pyridine rings is 1. The van der Waals surface area contributed by atoms with Gasteiger partial charge in [0, 0.05) is 6.20 Å². The zero-order valence-electron chi connectivity index (χ0n) is 11.0. The quantitative estimate of drug-likeness (QED) is 0.867. The Bertz CT molecular complexity index is 448. The normalized spacial score (nSPS) is 25.9. The number of rotatable bonds is 3. The second kappa shape index (κ2) is 5.89. The van der Waals surface area contributed by atoms with Crippen LogP contribution in [0.15, 0.2) is 48.8 Å². The molecular weight excluding hydrogens is 236 g/mol. The molecule has 1 saturated heterocycles. The van der Waals surface area contributed by atoms with Crippen molar-refractivity contribution < 1.29 is 0 Å². The first-order chi connectivity index (χ1) is 9.45. The molecule has 2 unspecified atom stereocenters. The van der Waals surface area contributed by atoms with E-state index in [0.29, 0.717) is 6.17 Å². The summed E-state index contributed by atoms with van der Waals surface area (Å²) in [6.45, 7) is 1.08. The molecule has 2 N–H and O–H groups in total. The van der Waals surface area contributed by atoms with Crippen LogP contribution in [0.1, 0.15) is 19.3 Å². The van der Waals surface area contributed by atoms with Crippen molar-refractivity contribution >= 4 is 5.82 Å². The number of nitrogens with one attached hydrogen (secondary N) is 2. The van der Waals surface area contributed by atoms with Gasteiger partial charge in [-0.25, -0.2) is 4.98 Å². The summed E-state index contributed by atoms with van der Waals surface area (Å²) < 4.78 is 0. The minimum atomic E-state index is 0.162. The predicted octanol–water partition coefficient (Wildman–Crippen LogP) is 1.99. The minimum absolute atomic E-state index is 0.162. The zero-order valence-corrected chi connectivity index (χ0v) is 11.0. The Balaban J connectivity index is 1.86. The molecular formula is C15H20N4. The maximum Gasteiger partial charge on any atom is 0.131 e. The van der Waals surface area contributed by atoms with E-state index in [1.165, 1.54) is 12.8 Å². The highest BCUT2D eigenvalue weighted by molar-refractivity contribution is 5.43. The van der Waals surface area contributed by atoms with Crippen molar-refractivity contribution in [2.24, 2.45) is 0 Å². The lowest BCUT2D eigenvalue weighted by Gasteiger charge is -2.40. The van der Waals surface area contributed by atoms with Gasteiger partial charge in [-0.3, -0.25) is 5.32 Å². The van der Waals surface area contributed by atoms with Crippen molar-refractivity contribution in [3.05, 3.63) is 48.8 Å². The van der Waals surface area contributed by atoms with Gasteiger partial charge in [-0.05, 0) is 56.3 Å². The molecule has 19 heavy (non-hydrogen) atoms. The third kappa shape index (κ3) is 2.79. The summed E-state index contributed by atoms with van der Waals surface area (Å²) >= 11 is 0. The van der Waals surface area contributed by atoms with Crippen molar-refractivity contribution in [2.45, 2.75) is 31.6 Å². The lowest BCUT2D eigenvalue weighted by molar-refractivity contribution is 0.362. The highest BCUT2D eigenvalue weighted by atomic mass is 15.4. The van der Waals surface area contributed by atoms with Gasteiger partial charge in [0.15, 0.2) is 0 Å². The molecule has 0 saturated carbocycles. The molecule has 0 amide bonds. The highest BCUT2D eigenvalue weighted by Gasteiger charge is 2.27. The lowest BCUT2D eigenvalue weighted by Crippen LogP contribution is -2.56. The Hall–Kier alpha value is -1.81. The van der Waals surface area contributed by atoms with Gasteiger partial charge in [0.1, 0.15) is 12.0 Å². The van der Waals surface area contributed by atoms with E-state index in [1.54, 1.807) is 0 Å². The Kier molecular flexibility index (Phi) is 3.79. The van der Waals surface area contributed by atoms with E-state index in [2.05, 4.69) is 38.7 Å². The second-order valence-corrected chi connectivity index (χ2v) is 4.92. The number of nitrogens with zero attached hydrogens (tertiary/aromatic N) is 2. The third-order valence-electron chi connectivity index (χ3n) is 3.60. The first-order valence-electron chi connectivity index (χ1n) is 6.97. The van der Waals surface area contributed by atoms with Crippen LogP contribution in [0.4, 0.5) is 5.82 Å². The minimum Gasteiger partial charge on any atom is -0.368 e. The van der Waals surface area contributed by atoms with Crippen molar-refractivity contribution in [1.82, 2.24) is 15.6 Å². The number of hydrogen-bond donors (Lipinski definition) is 2. The van der Waals surface area contributed by atoms with Crippen molar-refractivity contribution in [3.8, 4) is 0 Å². The van der Waals surface area contributed by atoms with Crippen LogP contribution in [0.2, 0.25) is 0 Å². The molecule has 3 rings (SSSR count). The fourth-order valence-corrected chi connectivity index (χ4v) is 2.68. The summed E-state index contributed by atoms with van der Waals surface area (Å²) in [6.07, 6.45) is 14.3. The fourth-order valence-electron chi connectivity index (χ4n) is 2.68. The molecule has 1 aromatic heterocycles. The van der Waals surface area contributed by atoms with Crippen LogP contribution < -0.4 is 15.5 Å². The molecule has 0 bridgehead atoms. The van der Waals surface area contributed by atoms with Gasteiger partial charge in [-0.1, -0.05) is 12.1 Å². The van der Waals surface area contributed by atoms with E-state index in [4.69, 9.17) is 0 Å². The Morgan fingerprint density at radius 1 is 1.21 bits per heavy atom. The monoisotopic (exact) mass is 256 g/mol. The Morgan fingerprint density at radius 2 is 2.21 bits per heavy atom. The zero-order chi connectivity index (χ0) is 12.9. The van der Waals surface area contributed by atoms with Crippen molar-refractivity contribution in [1.29, 1.82) is 0 Å². The standard InChI is InChI=1S/C15H20N4/c1-4-10-16-13(7-1)19(14-8-2-5-11-17-14)15-9-3-6-12-18-15/h1-2,4-5,7-8,10-11,13,15-16,18H,3,6,9,12H2. The molecule has 4 heteroatoms. The molecule has 0 aliphatic carbocycles. The summed E-state index contributed by atoms with van der Waals surface area (Å²) in [7, 11) is 0. The van der Waals surface area contributed by atoms with Gasteiger partial charge in [0.25, 0.3) is 0 Å². The molecule has 1 fully saturated rings. The Morgan fingerprint density at radius 3 is 2.89 bits per heavy atom. The SMILES string of the molecule is C1=CNC(N(c2ccccn2)C2CCCCN2)C=C1. The van der Waals surface area contributed by atoms with E-state index in [-0.39, 0.29) is 6.17 Å².